The van der Waals surface area contributed by atoms with Crippen LogP contribution in [0.4, 0.5) is 17.6 Å². The average molecular weight is 547 g/mol. The molecule has 6 fully saturated rings. The molecule has 2 heterocycles. The number of piperidine rings is 1. The lowest BCUT2D eigenvalue weighted by atomic mass is 9.47. The van der Waals surface area contributed by atoms with Gasteiger partial charge in [0.15, 0.2) is 5.78 Å². The summed E-state index contributed by atoms with van der Waals surface area (Å²) in [7, 11) is 0. The highest BCUT2D eigenvalue weighted by Crippen LogP contribution is 2.65. The lowest BCUT2D eigenvalue weighted by molar-refractivity contribution is -0.321. The smallest absolute Gasteiger partial charge is 0.356 e. The maximum Gasteiger partial charge on any atom is 0.522 e. The third kappa shape index (κ3) is 4.64. The van der Waals surface area contributed by atoms with Crippen LogP contribution in [-0.4, -0.2) is 83.7 Å². The second-order valence-corrected chi connectivity index (χ2v) is 12.0. The molecule has 2 bridgehead atoms. The van der Waals surface area contributed by atoms with Crippen molar-refractivity contribution in [3.05, 3.63) is 0 Å². The maximum atomic E-state index is 13.8. The van der Waals surface area contributed by atoms with Crippen LogP contribution in [-0.2, 0) is 28.7 Å². The van der Waals surface area contributed by atoms with Gasteiger partial charge in [0.25, 0.3) is 0 Å². The second-order valence-electron chi connectivity index (χ2n) is 12.0. The Bertz CT molecular complexity index is 1070. The normalized spacial score (nSPS) is 36.8. The van der Waals surface area contributed by atoms with E-state index in [2.05, 4.69) is 20.7 Å². The lowest BCUT2D eigenvalue weighted by Gasteiger charge is -2.65. The van der Waals surface area contributed by atoms with Gasteiger partial charge in [-0.2, -0.15) is 0 Å². The number of likely N-dealkylation sites (tertiary alicyclic amines) is 1. The zero-order valence-electron chi connectivity index (χ0n) is 21.0. The molecule has 14 heteroatoms. The molecule has 0 unspecified atom stereocenters. The molecule has 10 nitrogen and oxygen atoms in total. The fraction of sp³-hybridized carbons (Fsp3) is 0.792. The van der Waals surface area contributed by atoms with Gasteiger partial charge in [-0.1, -0.05) is 13.8 Å². The molecular weight excluding hydrogens is 516 g/mol. The van der Waals surface area contributed by atoms with E-state index in [9.17, 15) is 41.5 Å². The number of rotatable bonds is 8. The summed E-state index contributed by atoms with van der Waals surface area (Å²) in [5.41, 5.74) is -2.36. The Morgan fingerprint density at radius 3 is 2.39 bits per heavy atom. The Morgan fingerprint density at radius 2 is 1.84 bits per heavy atom. The van der Waals surface area contributed by atoms with E-state index in [1.807, 2.05) is 13.8 Å². The van der Waals surface area contributed by atoms with E-state index in [4.69, 9.17) is 0 Å². The van der Waals surface area contributed by atoms with E-state index in [1.165, 1.54) is 0 Å². The number of hydrogen-bond donors (Lipinski definition) is 3. The van der Waals surface area contributed by atoms with Crippen LogP contribution in [0, 0.1) is 23.2 Å². The number of carbonyl (C=O) groups is 5. The van der Waals surface area contributed by atoms with E-state index in [0.717, 1.165) is 4.90 Å². The van der Waals surface area contributed by atoms with Gasteiger partial charge in [-0.25, -0.2) is 4.39 Å². The summed E-state index contributed by atoms with van der Waals surface area (Å²) in [4.78, 5) is 65.1. The Hall–Kier alpha value is -2.77. The largest absolute Gasteiger partial charge is 0.522 e. The van der Waals surface area contributed by atoms with E-state index in [1.54, 1.807) is 0 Å². The first-order valence-corrected chi connectivity index (χ1v) is 12.7. The Labute approximate surface area is 215 Å². The number of hydrogen-bond acceptors (Lipinski definition) is 6. The molecule has 4 aliphatic carbocycles. The molecule has 0 radical (unpaired) electrons. The van der Waals surface area contributed by atoms with Crippen LogP contribution in [0.1, 0.15) is 46.0 Å². The van der Waals surface area contributed by atoms with Crippen molar-refractivity contribution < 1.29 is 46.3 Å². The predicted molar refractivity (Wildman–Crippen MR) is 120 cm³/mol. The van der Waals surface area contributed by atoms with Crippen LogP contribution in [0.3, 0.4) is 0 Å². The van der Waals surface area contributed by atoms with Gasteiger partial charge >= 0.3 is 18.2 Å². The quantitative estimate of drug-likeness (QED) is 0.297. The molecule has 6 rings (SSSR count). The summed E-state index contributed by atoms with van der Waals surface area (Å²) in [5, 5.41) is 7.62. The van der Waals surface area contributed by atoms with Crippen molar-refractivity contribution in [1.82, 2.24) is 20.9 Å². The van der Waals surface area contributed by atoms with E-state index in [0.29, 0.717) is 13.0 Å². The molecule has 0 aromatic rings. The molecule has 0 aromatic heterocycles. The summed E-state index contributed by atoms with van der Waals surface area (Å²) >= 11 is 0. The summed E-state index contributed by atoms with van der Waals surface area (Å²) < 4.78 is 55.1. The third-order valence-electron chi connectivity index (χ3n) is 9.04. The van der Waals surface area contributed by atoms with Gasteiger partial charge < -0.3 is 20.9 Å². The van der Waals surface area contributed by atoms with Crippen LogP contribution in [0.5, 0.6) is 0 Å². The number of Topliss-reactive ketones (excluding diaryl/α,β-unsaturated/α-hetero) is 1. The standard InChI is InChI=1S/C24H30F4N4O6/c1-21(2)12-6-32(20(37)19(36)31-23-8-22(25,9-23)10-23)16(15(12)21)18(35)30-13(5-11-3-4-29-17(11)34)14(33)7-38-24(26,27)28/h11-13,15-16H,3-10H2,1-2H3,(H,29,34)(H,30,35)(H,31,36)/t11-,12-,13-,15-,16-,22?,23?/m0/s1. The van der Waals surface area contributed by atoms with Gasteiger partial charge in [0.2, 0.25) is 11.8 Å². The summed E-state index contributed by atoms with van der Waals surface area (Å²) in [6.45, 7) is 2.89. The van der Waals surface area contributed by atoms with E-state index in [-0.39, 0.29) is 55.4 Å². The molecule has 2 saturated heterocycles. The van der Waals surface area contributed by atoms with Gasteiger partial charge in [-0.15, -0.1) is 13.2 Å². The number of ether oxygens (including phenoxy) is 1. The first kappa shape index (κ1) is 26.8. The van der Waals surface area contributed by atoms with Gasteiger partial charge in [0, 0.05) is 43.8 Å². The zero-order chi connectivity index (χ0) is 27.8. The maximum absolute atomic E-state index is 13.8. The fourth-order valence-electron chi connectivity index (χ4n) is 6.95. The highest BCUT2D eigenvalue weighted by atomic mass is 19.4. The first-order chi connectivity index (χ1) is 17.5. The number of carbonyl (C=O) groups excluding carboxylic acids is 5. The number of halogens is 4. The monoisotopic (exact) mass is 546 g/mol. The Balaban J connectivity index is 1.29. The van der Waals surface area contributed by atoms with Gasteiger partial charge in [0.1, 0.15) is 18.3 Å². The third-order valence-corrected chi connectivity index (χ3v) is 9.04. The molecule has 210 valence electrons. The summed E-state index contributed by atoms with van der Waals surface area (Å²) in [6, 6.07) is -2.60. The SMILES string of the molecule is CC1(C)[C@@H]2[C@@H](C(=O)N[C@@H](C[C@@H]3CCNC3=O)C(=O)COC(F)(F)F)N(C(=O)C(=O)NC34CC(F)(C3)C4)C[C@@H]21. The molecule has 0 spiro atoms. The summed E-state index contributed by atoms with van der Waals surface area (Å²) in [6.07, 6.45) is -4.54. The molecule has 4 saturated carbocycles. The molecule has 38 heavy (non-hydrogen) atoms. The first-order valence-electron chi connectivity index (χ1n) is 12.7. The van der Waals surface area contributed by atoms with Crippen molar-refractivity contribution in [2.24, 2.45) is 23.2 Å². The van der Waals surface area contributed by atoms with Crippen molar-refractivity contribution in [2.45, 2.75) is 75.6 Å². The van der Waals surface area contributed by atoms with Crippen molar-refractivity contribution in [1.29, 1.82) is 0 Å². The topological polar surface area (TPSA) is 134 Å². The zero-order valence-corrected chi connectivity index (χ0v) is 21.0. The van der Waals surface area contributed by atoms with Gasteiger partial charge in [0.05, 0.1) is 6.04 Å². The van der Waals surface area contributed by atoms with Crippen molar-refractivity contribution in [3.63, 3.8) is 0 Å². The second kappa shape index (κ2) is 8.62. The molecular formula is C24H30F4N4O6. The molecule has 4 amide bonds. The number of ketones is 1. The minimum Gasteiger partial charge on any atom is -0.356 e. The highest BCUT2D eigenvalue weighted by Gasteiger charge is 2.72. The van der Waals surface area contributed by atoms with Crippen molar-refractivity contribution in [3.8, 4) is 0 Å². The Morgan fingerprint density at radius 1 is 1.18 bits per heavy atom. The number of nitrogens with zero attached hydrogens (tertiary/aromatic N) is 1. The van der Waals surface area contributed by atoms with Gasteiger partial charge in [-0.3, -0.25) is 28.7 Å². The fourth-order valence-corrected chi connectivity index (χ4v) is 6.95. The molecule has 6 aliphatic rings. The van der Waals surface area contributed by atoms with Crippen LogP contribution in [0.25, 0.3) is 0 Å². The predicted octanol–water partition coefficient (Wildman–Crippen LogP) is 0.347. The molecule has 5 atom stereocenters. The number of fused-ring (bicyclic) bond motifs is 1. The van der Waals surface area contributed by atoms with E-state index < -0.39 is 65.7 Å². The van der Waals surface area contributed by atoms with Crippen LogP contribution in [0.15, 0.2) is 0 Å². The number of amides is 4. The molecule has 0 aromatic carbocycles. The van der Waals surface area contributed by atoms with E-state index >= 15 is 0 Å². The molecule has 2 aliphatic heterocycles. The van der Waals surface area contributed by atoms with Crippen LogP contribution >= 0.6 is 0 Å². The highest BCUT2D eigenvalue weighted by molar-refractivity contribution is 6.35. The molecule has 3 N–H and O–H groups in total. The minimum absolute atomic E-state index is 0.0950. The summed E-state index contributed by atoms with van der Waals surface area (Å²) in [5.74, 6) is -5.26. The number of alkyl halides is 4. The lowest BCUT2D eigenvalue weighted by Crippen LogP contribution is -2.77. The average Bonchev–Trinajstić information content (AvgIpc) is 3.14. The van der Waals surface area contributed by atoms with Crippen molar-refractivity contribution in [2.75, 3.05) is 19.7 Å². The number of nitrogens with one attached hydrogen (secondary N) is 3. The van der Waals surface area contributed by atoms with Crippen molar-refractivity contribution >= 4 is 29.4 Å². The minimum atomic E-state index is -5.07. The Kier molecular flexibility index (Phi) is 6.08. The van der Waals surface area contributed by atoms with Gasteiger partial charge in [-0.05, 0) is 30.1 Å². The van der Waals surface area contributed by atoms with Crippen LogP contribution in [0.2, 0.25) is 0 Å². The van der Waals surface area contributed by atoms with Crippen LogP contribution < -0.4 is 16.0 Å².